The summed E-state index contributed by atoms with van der Waals surface area (Å²) >= 11 is 0. The molecule has 0 amide bonds. The van der Waals surface area contributed by atoms with Crippen LogP contribution >= 0.6 is 0 Å². The number of hydrogen-bond acceptors (Lipinski definition) is 1. The van der Waals surface area contributed by atoms with Gasteiger partial charge in [0.05, 0.1) is 0 Å². The molecular formula is C13H27N. The lowest BCUT2D eigenvalue weighted by Crippen LogP contribution is -2.22. The summed E-state index contributed by atoms with van der Waals surface area (Å²) in [4.78, 5) is 0. The first-order valence-electron chi connectivity index (χ1n) is 6.42. The molecule has 1 fully saturated rings. The summed E-state index contributed by atoms with van der Waals surface area (Å²) in [6.45, 7) is 4.66. The highest BCUT2D eigenvalue weighted by Gasteiger charge is 2.25. The maximum atomic E-state index is 5.93. The number of rotatable bonds is 5. The van der Waals surface area contributed by atoms with Gasteiger partial charge in [0.25, 0.3) is 0 Å². The van der Waals surface area contributed by atoms with Crippen molar-refractivity contribution in [3.63, 3.8) is 0 Å². The lowest BCUT2D eigenvalue weighted by atomic mass is 9.72. The summed E-state index contributed by atoms with van der Waals surface area (Å²) in [6, 6.07) is 0.446. The van der Waals surface area contributed by atoms with E-state index >= 15 is 0 Å². The van der Waals surface area contributed by atoms with Crippen molar-refractivity contribution in [1.82, 2.24) is 0 Å². The second-order valence-electron chi connectivity index (χ2n) is 5.43. The van der Waals surface area contributed by atoms with Crippen molar-refractivity contribution in [2.45, 2.75) is 77.7 Å². The molecule has 1 atom stereocenters. The third-order valence-electron chi connectivity index (χ3n) is 3.94. The molecule has 0 aromatic heterocycles. The SMILES string of the molecule is CCC(N)CCCC1(C)CCCCC1. The molecule has 0 bridgehead atoms. The fourth-order valence-corrected chi connectivity index (χ4v) is 2.65. The van der Waals surface area contributed by atoms with Gasteiger partial charge in [0.15, 0.2) is 0 Å². The van der Waals surface area contributed by atoms with E-state index in [4.69, 9.17) is 5.73 Å². The second kappa shape index (κ2) is 5.75. The highest BCUT2D eigenvalue weighted by Crippen LogP contribution is 2.39. The van der Waals surface area contributed by atoms with E-state index in [0.29, 0.717) is 11.5 Å². The fourth-order valence-electron chi connectivity index (χ4n) is 2.65. The molecule has 1 nitrogen and oxygen atoms in total. The molecule has 0 aromatic carbocycles. The van der Waals surface area contributed by atoms with Crippen LogP contribution < -0.4 is 5.73 Å². The Morgan fingerprint density at radius 1 is 1.21 bits per heavy atom. The molecule has 1 aliphatic carbocycles. The van der Waals surface area contributed by atoms with Gasteiger partial charge in [-0.25, -0.2) is 0 Å². The summed E-state index contributed by atoms with van der Waals surface area (Å²) in [5, 5.41) is 0. The fraction of sp³-hybridized carbons (Fsp3) is 1.00. The Hall–Kier alpha value is -0.0400. The van der Waals surface area contributed by atoms with Gasteiger partial charge >= 0.3 is 0 Å². The van der Waals surface area contributed by atoms with Crippen LogP contribution in [0.5, 0.6) is 0 Å². The third kappa shape index (κ3) is 4.00. The Morgan fingerprint density at radius 3 is 2.43 bits per heavy atom. The van der Waals surface area contributed by atoms with Crippen molar-refractivity contribution in [3.8, 4) is 0 Å². The Labute approximate surface area is 89.5 Å². The van der Waals surface area contributed by atoms with Gasteiger partial charge in [0.1, 0.15) is 0 Å². The smallest absolute Gasteiger partial charge is 0.00362 e. The minimum absolute atomic E-state index is 0.446. The molecule has 1 unspecified atom stereocenters. The molecule has 0 spiro atoms. The van der Waals surface area contributed by atoms with Crippen LogP contribution in [0.15, 0.2) is 0 Å². The Bertz CT molecular complexity index is 147. The first kappa shape index (κ1) is 12.0. The molecule has 0 heterocycles. The zero-order valence-electron chi connectivity index (χ0n) is 10.0. The van der Waals surface area contributed by atoms with Crippen LogP contribution in [0.1, 0.15) is 71.6 Å². The van der Waals surface area contributed by atoms with Gasteiger partial charge in [-0.3, -0.25) is 0 Å². The van der Waals surface area contributed by atoms with Crippen LogP contribution in [0.4, 0.5) is 0 Å². The highest BCUT2D eigenvalue weighted by atomic mass is 14.6. The van der Waals surface area contributed by atoms with Gasteiger partial charge < -0.3 is 5.73 Å². The first-order valence-corrected chi connectivity index (χ1v) is 6.42. The molecule has 1 saturated carbocycles. The van der Waals surface area contributed by atoms with E-state index in [2.05, 4.69) is 13.8 Å². The molecule has 1 heteroatoms. The standard InChI is InChI=1S/C13H27N/c1-3-12(14)8-7-11-13(2)9-5-4-6-10-13/h12H,3-11,14H2,1-2H3. The van der Waals surface area contributed by atoms with Crippen molar-refractivity contribution in [2.24, 2.45) is 11.1 Å². The normalized spacial score (nSPS) is 23.4. The van der Waals surface area contributed by atoms with E-state index in [1.54, 1.807) is 0 Å². The average Bonchev–Trinajstić information content (AvgIpc) is 2.18. The van der Waals surface area contributed by atoms with E-state index in [1.165, 1.54) is 51.4 Å². The first-order chi connectivity index (χ1) is 6.66. The number of nitrogens with two attached hydrogens (primary N) is 1. The topological polar surface area (TPSA) is 26.0 Å². The molecule has 84 valence electrons. The summed E-state index contributed by atoms with van der Waals surface area (Å²) in [7, 11) is 0. The van der Waals surface area contributed by atoms with E-state index < -0.39 is 0 Å². The van der Waals surface area contributed by atoms with Crippen LogP contribution in [0.25, 0.3) is 0 Å². The Morgan fingerprint density at radius 2 is 1.86 bits per heavy atom. The van der Waals surface area contributed by atoms with E-state index in [1.807, 2.05) is 0 Å². The average molecular weight is 197 g/mol. The molecular weight excluding hydrogens is 170 g/mol. The summed E-state index contributed by atoms with van der Waals surface area (Å²) in [6.07, 6.45) is 12.4. The minimum atomic E-state index is 0.446. The van der Waals surface area contributed by atoms with Crippen molar-refractivity contribution >= 4 is 0 Å². The van der Waals surface area contributed by atoms with Crippen LogP contribution in [0.2, 0.25) is 0 Å². The molecule has 1 rings (SSSR count). The van der Waals surface area contributed by atoms with Gasteiger partial charge in [0, 0.05) is 6.04 Å². The van der Waals surface area contributed by atoms with Gasteiger partial charge in [0.2, 0.25) is 0 Å². The van der Waals surface area contributed by atoms with Crippen molar-refractivity contribution in [3.05, 3.63) is 0 Å². The molecule has 14 heavy (non-hydrogen) atoms. The molecule has 0 saturated heterocycles. The van der Waals surface area contributed by atoms with Crippen LogP contribution in [0.3, 0.4) is 0 Å². The lowest BCUT2D eigenvalue weighted by molar-refractivity contribution is 0.191. The van der Waals surface area contributed by atoms with Gasteiger partial charge in [-0.15, -0.1) is 0 Å². The second-order valence-corrected chi connectivity index (χ2v) is 5.43. The molecule has 1 aliphatic rings. The molecule has 0 aliphatic heterocycles. The van der Waals surface area contributed by atoms with Crippen LogP contribution in [-0.2, 0) is 0 Å². The Kier molecular flexibility index (Phi) is 4.94. The quantitative estimate of drug-likeness (QED) is 0.711. The predicted molar refractivity (Wildman–Crippen MR) is 63.3 cm³/mol. The van der Waals surface area contributed by atoms with Crippen molar-refractivity contribution in [1.29, 1.82) is 0 Å². The van der Waals surface area contributed by atoms with Crippen LogP contribution in [-0.4, -0.2) is 6.04 Å². The van der Waals surface area contributed by atoms with Gasteiger partial charge in [-0.1, -0.05) is 39.5 Å². The number of hydrogen-bond donors (Lipinski definition) is 1. The summed E-state index contributed by atoms with van der Waals surface area (Å²) < 4.78 is 0. The maximum absolute atomic E-state index is 5.93. The molecule has 2 N–H and O–H groups in total. The summed E-state index contributed by atoms with van der Waals surface area (Å²) in [5.41, 5.74) is 6.59. The third-order valence-corrected chi connectivity index (χ3v) is 3.94. The van der Waals surface area contributed by atoms with Gasteiger partial charge in [-0.05, 0) is 37.5 Å². The van der Waals surface area contributed by atoms with Gasteiger partial charge in [-0.2, -0.15) is 0 Å². The summed E-state index contributed by atoms with van der Waals surface area (Å²) in [5.74, 6) is 0. The molecule has 0 radical (unpaired) electrons. The lowest BCUT2D eigenvalue weighted by Gasteiger charge is -2.33. The van der Waals surface area contributed by atoms with Crippen molar-refractivity contribution < 1.29 is 0 Å². The van der Waals surface area contributed by atoms with E-state index in [-0.39, 0.29) is 0 Å². The van der Waals surface area contributed by atoms with E-state index in [9.17, 15) is 0 Å². The zero-order valence-corrected chi connectivity index (χ0v) is 10.0. The Balaban J connectivity index is 2.15. The van der Waals surface area contributed by atoms with Crippen molar-refractivity contribution in [2.75, 3.05) is 0 Å². The van der Waals surface area contributed by atoms with E-state index in [0.717, 1.165) is 6.42 Å². The zero-order chi connectivity index (χ0) is 10.4. The minimum Gasteiger partial charge on any atom is -0.328 e. The highest BCUT2D eigenvalue weighted by molar-refractivity contribution is 4.78. The monoisotopic (exact) mass is 197 g/mol. The predicted octanol–water partition coefficient (Wildman–Crippen LogP) is 3.86. The van der Waals surface area contributed by atoms with Crippen LogP contribution in [0, 0.1) is 5.41 Å². The molecule has 0 aromatic rings. The maximum Gasteiger partial charge on any atom is 0.00362 e. The largest absolute Gasteiger partial charge is 0.328 e.